The largest absolute Gasteiger partial charge is 0.440 e. The molecule has 0 fully saturated rings. The van der Waals surface area contributed by atoms with Crippen molar-refractivity contribution in [2.75, 3.05) is 0 Å². The summed E-state index contributed by atoms with van der Waals surface area (Å²) < 4.78 is 5.90. The van der Waals surface area contributed by atoms with Crippen LogP contribution in [0.3, 0.4) is 0 Å². The van der Waals surface area contributed by atoms with Gasteiger partial charge in [-0.2, -0.15) is 0 Å². The zero-order valence-electron chi connectivity index (χ0n) is 15.9. The third-order valence-corrected chi connectivity index (χ3v) is 5.65. The number of hydrogen-bond donors (Lipinski definition) is 1. The van der Waals surface area contributed by atoms with Gasteiger partial charge in [-0.25, -0.2) is 4.98 Å². The summed E-state index contributed by atoms with van der Waals surface area (Å²) in [4.78, 5) is 18.5. The Bertz CT molecular complexity index is 1070. The van der Waals surface area contributed by atoms with Crippen LogP contribution in [0.2, 0.25) is 0 Å². The fraction of sp³-hybridized carbons (Fsp3) is 0.217. The van der Waals surface area contributed by atoms with E-state index in [1.165, 1.54) is 0 Å². The molecule has 0 spiro atoms. The number of carbonyl (C=O) groups excluding carboxylic acids is 1. The minimum absolute atomic E-state index is 0.00781. The molecule has 2 heterocycles. The summed E-state index contributed by atoms with van der Waals surface area (Å²) in [5, 5.41) is 5.19. The third kappa shape index (κ3) is 3.99. The Hall–Kier alpha value is -2.92. The standard InChI is InChI=1S/C23H22N2O2S/c1-15(2)22(20-9-6-12-28-20)25-23(26)17-10-11-18-19(14-17)27-21(24-18)13-16-7-4-3-5-8-16/h3-12,14-15,22H,13H2,1-2H3,(H,25,26)/t22-/m0/s1. The Morgan fingerprint density at radius 3 is 2.64 bits per heavy atom. The predicted octanol–water partition coefficient (Wildman–Crippen LogP) is 5.61. The number of fused-ring (bicyclic) bond motifs is 1. The molecular weight excluding hydrogens is 368 g/mol. The summed E-state index contributed by atoms with van der Waals surface area (Å²) in [6.07, 6.45) is 0.630. The van der Waals surface area contributed by atoms with Crippen molar-refractivity contribution >= 4 is 28.3 Å². The number of nitrogens with one attached hydrogen (secondary N) is 1. The molecule has 1 N–H and O–H groups in total. The predicted molar refractivity (Wildman–Crippen MR) is 113 cm³/mol. The summed E-state index contributed by atoms with van der Waals surface area (Å²) in [6.45, 7) is 4.22. The number of amides is 1. The molecule has 5 heteroatoms. The molecule has 4 aromatic rings. The lowest BCUT2D eigenvalue weighted by Gasteiger charge is -2.21. The molecule has 0 bridgehead atoms. The molecule has 0 radical (unpaired) electrons. The van der Waals surface area contributed by atoms with E-state index in [0.717, 1.165) is 16.0 Å². The third-order valence-electron chi connectivity index (χ3n) is 4.70. The molecule has 28 heavy (non-hydrogen) atoms. The highest BCUT2D eigenvalue weighted by molar-refractivity contribution is 7.10. The van der Waals surface area contributed by atoms with Gasteiger partial charge in [0, 0.05) is 16.9 Å². The number of oxazole rings is 1. The van der Waals surface area contributed by atoms with Crippen molar-refractivity contribution in [3.8, 4) is 0 Å². The average Bonchev–Trinajstić information content (AvgIpc) is 3.35. The number of rotatable bonds is 6. The molecule has 0 saturated carbocycles. The van der Waals surface area contributed by atoms with Crippen LogP contribution in [0.25, 0.3) is 11.1 Å². The Morgan fingerprint density at radius 2 is 1.93 bits per heavy atom. The summed E-state index contributed by atoms with van der Waals surface area (Å²) in [5.41, 5.74) is 3.12. The van der Waals surface area contributed by atoms with Gasteiger partial charge in [0.05, 0.1) is 6.04 Å². The Kier molecular flexibility index (Phi) is 5.26. The first-order chi connectivity index (χ1) is 13.6. The second-order valence-corrected chi connectivity index (χ2v) is 8.14. The Morgan fingerprint density at radius 1 is 1.11 bits per heavy atom. The fourth-order valence-corrected chi connectivity index (χ4v) is 4.17. The van der Waals surface area contributed by atoms with Crippen molar-refractivity contribution in [3.63, 3.8) is 0 Å². The summed E-state index contributed by atoms with van der Waals surface area (Å²) in [7, 11) is 0. The summed E-state index contributed by atoms with van der Waals surface area (Å²) in [5.74, 6) is 0.849. The number of aromatic nitrogens is 1. The van der Waals surface area contributed by atoms with Gasteiger partial charge in [0.1, 0.15) is 5.52 Å². The summed E-state index contributed by atoms with van der Waals surface area (Å²) in [6, 6.07) is 19.6. The molecule has 0 aliphatic heterocycles. The van der Waals surface area contributed by atoms with Crippen molar-refractivity contribution in [2.45, 2.75) is 26.3 Å². The van der Waals surface area contributed by atoms with Crippen LogP contribution in [0.4, 0.5) is 0 Å². The lowest BCUT2D eigenvalue weighted by molar-refractivity contribution is 0.0926. The van der Waals surface area contributed by atoms with Crippen LogP contribution < -0.4 is 5.32 Å². The number of benzene rings is 2. The maximum absolute atomic E-state index is 12.8. The average molecular weight is 391 g/mol. The van der Waals surface area contributed by atoms with Crippen molar-refractivity contribution < 1.29 is 9.21 Å². The molecule has 0 aliphatic rings. The molecular formula is C23H22N2O2S. The molecule has 142 valence electrons. The van der Waals surface area contributed by atoms with Gasteiger partial charge in [-0.05, 0) is 41.1 Å². The molecule has 1 atom stereocenters. The van der Waals surface area contributed by atoms with Gasteiger partial charge in [-0.1, -0.05) is 50.2 Å². The number of thiophene rings is 1. The molecule has 0 saturated heterocycles. The van der Waals surface area contributed by atoms with Gasteiger partial charge >= 0.3 is 0 Å². The zero-order chi connectivity index (χ0) is 19.5. The minimum Gasteiger partial charge on any atom is -0.440 e. The SMILES string of the molecule is CC(C)[C@H](NC(=O)c1ccc2nc(Cc3ccccc3)oc2c1)c1cccs1. The van der Waals surface area contributed by atoms with Crippen LogP contribution in [-0.4, -0.2) is 10.9 Å². The van der Waals surface area contributed by atoms with Crippen LogP contribution in [0.1, 0.15) is 46.6 Å². The van der Waals surface area contributed by atoms with E-state index in [1.54, 1.807) is 23.5 Å². The molecule has 4 nitrogen and oxygen atoms in total. The maximum atomic E-state index is 12.8. The minimum atomic E-state index is -0.102. The molecule has 2 aromatic heterocycles. The van der Waals surface area contributed by atoms with Crippen molar-refractivity contribution in [3.05, 3.63) is 87.9 Å². The smallest absolute Gasteiger partial charge is 0.251 e. The molecule has 1 amide bonds. The van der Waals surface area contributed by atoms with E-state index in [2.05, 4.69) is 30.2 Å². The normalized spacial score (nSPS) is 12.4. The van der Waals surface area contributed by atoms with Crippen LogP contribution in [0, 0.1) is 5.92 Å². The van der Waals surface area contributed by atoms with Crippen molar-refractivity contribution in [1.29, 1.82) is 0 Å². The van der Waals surface area contributed by atoms with Crippen LogP contribution >= 0.6 is 11.3 Å². The second-order valence-electron chi connectivity index (χ2n) is 7.16. The lowest BCUT2D eigenvalue weighted by Crippen LogP contribution is -2.31. The molecule has 2 aromatic carbocycles. The first-order valence-corrected chi connectivity index (χ1v) is 10.3. The van der Waals surface area contributed by atoms with Gasteiger partial charge in [-0.3, -0.25) is 4.79 Å². The first-order valence-electron chi connectivity index (χ1n) is 9.38. The van der Waals surface area contributed by atoms with Crippen molar-refractivity contribution in [2.24, 2.45) is 5.92 Å². The number of carbonyl (C=O) groups is 1. The number of nitrogens with zero attached hydrogens (tertiary/aromatic N) is 1. The zero-order valence-corrected chi connectivity index (χ0v) is 16.7. The Balaban J connectivity index is 1.54. The van der Waals surface area contributed by atoms with Gasteiger partial charge in [0.2, 0.25) is 0 Å². The van der Waals surface area contributed by atoms with E-state index in [-0.39, 0.29) is 11.9 Å². The van der Waals surface area contributed by atoms with E-state index < -0.39 is 0 Å². The van der Waals surface area contributed by atoms with Crippen LogP contribution in [-0.2, 0) is 6.42 Å². The molecule has 0 aliphatic carbocycles. The van der Waals surface area contributed by atoms with Gasteiger partial charge in [0.15, 0.2) is 11.5 Å². The second kappa shape index (κ2) is 7.98. The van der Waals surface area contributed by atoms with Gasteiger partial charge in [-0.15, -0.1) is 11.3 Å². The quantitative estimate of drug-likeness (QED) is 0.466. The highest BCUT2D eigenvalue weighted by atomic mass is 32.1. The molecule has 4 rings (SSSR count). The van der Waals surface area contributed by atoms with E-state index in [9.17, 15) is 4.79 Å². The van der Waals surface area contributed by atoms with Crippen molar-refractivity contribution in [1.82, 2.24) is 10.3 Å². The Labute approximate surface area is 168 Å². The monoisotopic (exact) mass is 390 g/mol. The van der Waals surface area contributed by atoms with Gasteiger partial charge in [0.25, 0.3) is 5.91 Å². The van der Waals surface area contributed by atoms with E-state index >= 15 is 0 Å². The highest BCUT2D eigenvalue weighted by Gasteiger charge is 2.20. The van der Waals surface area contributed by atoms with E-state index in [4.69, 9.17) is 4.42 Å². The maximum Gasteiger partial charge on any atom is 0.251 e. The van der Waals surface area contributed by atoms with E-state index in [1.807, 2.05) is 47.8 Å². The first kappa shape index (κ1) is 18.4. The van der Waals surface area contributed by atoms with Crippen LogP contribution in [0.15, 0.2) is 70.5 Å². The number of hydrogen-bond acceptors (Lipinski definition) is 4. The summed E-state index contributed by atoms with van der Waals surface area (Å²) >= 11 is 1.66. The fourth-order valence-electron chi connectivity index (χ4n) is 3.22. The van der Waals surface area contributed by atoms with E-state index in [0.29, 0.717) is 29.4 Å². The molecule has 0 unspecified atom stereocenters. The van der Waals surface area contributed by atoms with Crippen LogP contribution in [0.5, 0.6) is 0 Å². The lowest BCUT2D eigenvalue weighted by atomic mass is 10.0. The highest BCUT2D eigenvalue weighted by Crippen LogP contribution is 2.26. The van der Waals surface area contributed by atoms with Gasteiger partial charge < -0.3 is 9.73 Å². The topological polar surface area (TPSA) is 55.1 Å².